The summed E-state index contributed by atoms with van der Waals surface area (Å²) in [7, 11) is 0. The standard InChI is InChI=1S/C11H17BrN2S/c1-8-6-10(12)7-14-11(8)13-5-4-9(2)15-3/h6-7,9H,4-5H2,1-3H3,(H,13,14). The molecule has 1 atom stereocenters. The molecule has 0 saturated heterocycles. The van der Waals surface area contributed by atoms with Gasteiger partial charge in [-0.05, 0) is 47.2 Å². The molecule has 1 rings (SSSR count). The van der Waals surface area contributed by atoms with Gasteiger partial charge in [-0.3, -0.25) is 0 Å². The Kier molecular flexibility index (Phi) is 5.47. The molecule has 0 aliphatic heterocycles. The van der Waals surface area contributed by atoms with Gasteiger partial charge < -0.3 is 5.32 Å². The third-order valence-corrected chi connectivity index (χ3v) is 3.76. The average Bonchev–Trinajstić information content (AvgIpc) is 2.21. The molecule has 0 aliphatic rings. The quantitative estimate of drug-likeness (QED) is 0.894. The molecule has 0 amide bonds. The van der Waals surface area contributed by atoms with Gasteiger partial charge >= 0.3 is 0 Å². The van der Waals surface area contributed by atoms with Crippen LogP contribution in [0.2, 0.25) is 0 Å². The Morgan fingerprint density at radius 2 is 2.33 bits per heavy atom. The molecule has 15 heavy (non-hydrogen) atoms. The molecule has 1 aromatic rings. The average molecular weight is 289 g/mol. The number of anilines is 1. The highest BCUT2D eigenvalue weighted by Crippen LogP contribution is 2.17. The molecule has 84 valence electrons. The van der Waals surface area contributed by atoms with Crippen LogP contribution < -0.4 is 5.32 Å². The lowest BCUT2D eigenvalue weighted by Crippen LogP contribution is -2.09. The highest BCUT2D eigenvalue weighted by molar-refractivity contribution is 9.10. The number of rotatable bonds is 5. The molecule has 0 spiro atoms. The molecule has 1 unspecified atom stereocenters. The number of nitrogens with zero attached hydrogens (tertiary/aromatic N) is 1. The molecular weight excluding hydrogens is 272 g/mol. The van der Waals surface area contributed by atoms with Crippen LogP contribution in [-0.2, 0) is 0 Å². The third kappa shape index (κ3) is 4.43. The SMILES string of the molecule is CSC(C)CCNc1ncc(Br)cc1C. The number of thioether (sulfide) groups is 1. The maximum Gasteiger partial charge on any atom is 0.128 e. The number of aryl methyl sites for hydroxylation is 1. The first-order chi connectivity index (χ1) is 7.13. The van der Waals surface area contributed by atoms with Gasteiger partial charge in [0.25, 0.3) is 0 Å². The Bertz CT molecular complexity index is 317. The molecule has 1 aromatic heterocycles. The number of hydrogen-bond acceptors (Lipinski definition) is 3. The van der Waals surface area contributed by atoms with Crippen molar-refractivity contribution in [2.75, 3.05) is 18.1 Å². The lowest BCUT2D eigenvalue weighted by molar-refractivity contribution is 0.849. The normalized spacial score (nSPS) is 12.5. The summed E-state index contributed by atoms with van der Waals surface area (Å²) in [6.45, 7) is 5.30. The van der Waals surface area contributed by atoms with Crippen LogP contribution >= 0.6 is 27.7 Å². The van der Waals surface area contributed by atoms with Crippen molar-refractivity contribution in [2.24, 2.45) is 0 Å². The van der Waals surface area contributed by atoms with Crippen LogP contribution in [0.3, 0.4) is 0 Å². The van der Waals surface area contributed by atoms with E-state index in [2.05, 4.69) is 52.4 Å². The monoisotopic (exact) mass is 288 g/mol. The lowest BCUT2D eigenvalue weighted by Gasteiger charge is -2.11. The van der Waals surface area contributed by atoms with Crippen LogP contribution in [0.15, 0.2) is 16.7 Å². The molecule has 0 bridgehead atoms. The van der Waals surface area contributed by atoms with Gasteiger partial charge in [0, 0.05) is 22.5 Å². The van der Waals surface area contributed by atoms with E-state index in [1.807, 2.05) is 18.0 Å². The Hall–Kier alpha value is -0.220. The summed E-state index contributed by atoms with van der Waals surface area (Å²) in [5, 5.41) is 4.06. The van der Waals surface area contributed by atoms with Gasteiger partial charge in [-0.1, -0.05) is 6.92 Å². The number of halogens is 1. The molecule has 0 saturated carbocycles. The summed E-state index contributed by atoms with van der Waals surface area (Å²) in [5.74, 6) is 0.992. The van der Waals surface area contributed by atoms with E-state index < -0.39 is 0 Å². The van der Waals surface area contributed by atoms with E-state index in [-0.39, 0.29) is 0 Å². The van der Waals surface area contributed by atoms with Crippen molar-refractivity contribution in [1.29, 1.82) is 0 Å². The van der Waals surface area contributed by atoms with Crippen LogP contribution in [0.5, 0.6) is 0 Å². The summed E-state index contributed by atoms with van der Waals surface area (Å²) >= 11 is 5.30. The Labute approximate surface area is 104 Å². The second-order valence-electron chi connectivity index (χ2n) is 3.58. The maximum absolute atomic E-state index is 4.34. The molecule has 1 heterocycles. The zero-order valence-electron chi connectivity index (χ0n) is 9.38. The third-order valence-electron chi connectivity index (χ3n) is 2.29. The molecule has 2 nitrogen and oxygen atoms in total. The predicted octanol–water partition coefficient (Wildman–Crippen LogP) is 3.71. The van der Waals surface area contributed by atoms with Crippen molar-refractivity contribution in [3.63, 3.8) is 0 Å². The number of hydrogen-bond donors (Lipinski definition) is 1. The first-order valence-corrected chi connectivity index (χ1v) is 7.10. The van der Waals surface area contributed by atoms with Gasteiger partial charge in [-0.2, -0.15) is 11.8 Å². The van der Waals surface area contributed by atoms with Gasteiger partial charge in [-0.25, -0.2) is 4.98 Å². The zero-order valence-corrected chi connectivity index (χ0v) is 11.8. The smallest absolute Gasteiger partial charge is 0.128 e. The van der Waals surface area contributed by atoms with Crippen molar-refractivity contribution in [2.45, 2.75) is 25.5 Å². The van der Waals surface area contributed by atoms with Crippen LogP contribution in [0, 0.1) is 6.92 Å². The summed E-state index contributed by atoms with van der Waals surface area (Å²) in [5.41, 5.74) is 1.18. The van der Waals surface area contributed by atoms with Crippen LogP contribution in [0.25, 0.3) is 0 Å². The maximum atomic E-state index is 4.34. The number of aromatic nitrogens is 1. The first-order valence-electron chi connectivity index (χ1n) is 5.02. The van der Waals surface area contributed by atoms with Crippen LogP contribution in [-0.4, -0.2) is 23.0 Å². The minimum absolute atomic E-state index is 0.702. The fourth-order valence-electron chi connectivity index (χ4n) is 1.24. The van der Waals surface area contributed by atoms with Crippen LogP contribution in [0.1, 0.15) is 18.9 Å². The molecule has 0 aliphatic carbocycles. The minimum atomic E-state index is 0.702. The largest absolute Gasteiger partial charge is 0.370 e. The van der Waals surface area contributed by atoms with E-state index in [1.54, 1.807) is 0 Å². The fourth-order valence-corrected chi connectivity index (χ4v) is 2.04. The van der Waals surface area contributed by atoms with Crippen molar-refractivity contribution in [3.05, 3.63) is 22.3 Å². The molecule has 4 heteroatoms. The summed E-state index contributed by atoms with van der Waals surface area (Å²) in [6, 6.07) is 2.08. The highest BCUT2D eigenvalue weighted by atomic mass is 79.9. The number of nitrogens with one attached hydrogen (secondary N) is 1. The van der Waals surface area contributed by atoms with Gasteiger partial charge in [0.05, 0.1) is 0 Å². The van der Waals surface area contributed by atoms with Crippen molar-refractivity contribution >= 4 is 33.5 Å². The minimum Gasteiger partial charge on any atom is -0.370 e. The number of pyridine rings is 1. The summed E-state index contributed by atoms with van der Waals surface area (Å²) < 4.78 is 1.03. The van der Waals surface area contributed by atoms with Gasteiger partial charge in [0.15, 0.2) is 0 Å². The van der Waals surface area contributed by atoms with E-state index in [0.29, 0.717) is 5.25 Å². The van der Waals surface area contributed by atoms with Crippen molar-refractivity contribution in [1.82, 2.24) is 4.98 Å². The molecular formula is C11H17BrN2S. The Morgan fingerprint density at radius 1 is 1.60 bits per heavy atom. The lowest BCUT2D eigenvalue weighted by atomic mass is 10.3. The van der Waals surface area contributed by atoms with Gasteiger partial charge in [0.1, 0.15) is 5.82 Å². The zero-order chi connectivity index (χ0) is 11.3. The van der Waals surface area contributed by atoms with Crippen molar-refractivity contribution in [3.8, 4) is 0 Å². The second kappa shape index (κ2) is 6.38. The topological polar surface area (TPSA) is 24.9 Å². The second-order valence-corrected chi connectivity index (χ2v) is 5.77. The molecule has 0 aromatic carbocycles. The van der Waals surface area contributed by atoms with E-state index in [4.69, 9.17) is 0 Å². The highest BCUT2D eigenvalue weighted by Gasteiger charge is 2.02. The van der Waals surface area contributed by atoms with Gasteiger partial charge in [0.2, 0.25) is 0 Å². The molecule has 1 N–H and O–H groups in total. The van der Waals surface area contributed by atoms with Crippen LogP contribution in [0.4, 0.5) is 5.82 Å². The summed E-state index contributed by atoms with van der Waals surface area (Å²) in [6.07, 6.45) is 5.14. The van der Waals surface area contributed by atoms with E-state index in [1.165, 1.54) is 12.0 Å². The Morgan fingerprint density at radius 3 is 2.93 bits per heavy atom. The van der Waals surface area contributed by atoms with E-state index in [0.717, 1.165) is 16.8 Å². The fraction of sp³-hybridized carbons (Fsp3) is 0.545. The van der Waals surface area contributed by atoms with Crippen molar-refractivity contribution < 1.29 is 0 Å². The van der Waals surface area contributed by atoms with E-state index >= 15 is 0 Å². The summed E-state index contributed by atoms with van der Waals surface area (Å²) in [4.78, 5) is 4.34. The van der Waals surface area contributed by atoms with Gasteiger partial charge in [-0.15, -0.1) is 0 Å². The van der Waals surface area contributed by atoms with E-state index in [9.17, 15) is 0 Å². The first kappa shape index (κ1) is 12.8. The molecule has 0 fully saturated rings. The Balaban J connectivity index is 2.44. The predicted molar refractivity (Wildman–Crippen MR) is 72.8 cm³/mol. The molecule has 0 radical (unpaired) electrons.